The van der Waals surface area contributed by atoms with Gasteiger partial charge in [0, 0.05) is 33.8 Å². The molecule has 2 atom stereocenters. The fourth-order valence-corrected chi connectivity index (χ4v) is 4.35. The Hall–Kier alpha value is -1.75. The van der Waals surface area contributed by atoms with E-state index in [4.69, 9.17) is 4.74 Å². The van der Waals surface area contributed by atoms with Gasteiger partial charge in [0.15, 0.2) is 5.78 Å². The van der Waals surface area contributed by atoms with Crippen molar-refractivity contribution in [2.24, 2.45) is 16.3 Å². The quantitative estimate of drug-likeness (QED) is 0.685. The molecule has 1 aromatic rings. The summed E-state index contributed by atoms with van der Waals surface area (Å²) in [6.07, 6.45) is 1.21. The normalized spacial score (nSPS) is 25.3. The molecule has 0 amide bonds. The van der Waals surface area contributed by atoms with E-state index in [1.165, 1.54) is 7.11 Å². The summed E-state index contributed by atoms with van der Waals surface area (Å²) in [7, 11) is 1.38. The van der Waals surface area contributed by atoms with Crippen molar-refractivity contribution in [1.82, 2.24) is 0 Å². The third kappa shape index (κ3) is 3.34. The minimum absolute atomic E-state index is 0.0846. The summed E-state index contributed by atoms with van der Waals surface area (Å²) in [6, 6.07) is 7.78. The molecule has 1 aliphatic carbocycles. The molecule has 0 aromatic heterocycles. The van der Waals surface area contributed by atoms with E-state index in [9.17, 15) is 9.59 Å². The van der Waals surface area contributed by atoms with Crippen LogP contribution in [0.5, 0.6) is 0 Å². The fourth-order valence-electron chi connectivity index (χ4n) is 3.94. The zero-order valence-electron chi connectivity index (χ0n) is 14.9. The minimum Gasteiger partial charge on any atom is -0.468 e. The van der Waals surface area contributed by atoms with Gasteiger partial charge < -0.3 is 4.74 Å². The fraction of sp³-hybridized carbons (Fsp3) is 0.450. The lowest BCUT2D eigenvalue weighted by Crippen LogP contribution is -2.39. The number of ketones is 1. The summed E-state index contributed by atoms with van der Waals surface area (Å²) in [4.78, 5) is 30.2. The second kappa shape index (κ2) is 6.52. The van der Waals surface area contributed by atoms with Crippen molar-refractivity contribution >= 4 is 33.4 Å². The highest BCUT2D eigenvalue weighted by Crippen LogP contribution is 2.48. The molecule has 1 heterocycles. The number of hydrogen-bond acceptors (Lipinski definition) is 4. The molecule has 1 aliphatic heterocycles. The van der Waals surface area contributed by atoms with Crippen LogP contribution < -0.4 is 0 Å². The Kier molecular flexibility index (Phi) is 4.71. The second-order valence-electron chi connectivity index (χ2n) is 7.59. The Morgan fingerprint density at radius 2 is 2.04 bits per heavy atom. The summed E-state index contributed by atoms with van der Waals surface area (Å²) in [5.74, 6) is -1.18. The van der Waals surface area contributed by atoms with Gasteiger partial charge in [-0.05, 0) is 36.5 Å². The summed E-state index contributed by atoms with van der Waals surface area (Å²) in [5.41, 5.74) is 3.03. The Bertz CT molecular complexity index is 807. The van der Waals surface area contributed by atoms with Crippen molar-refractivity contribution in [1.29, 1.82) is 0 Å². The maximum Gasteiger partial charge on any atom is 0.315 e. The van der Waals surface area contributed by atoms with Crippen molar-refractivity contribution in [3.63, 3.8) is 0 Å². The number of carbonyl (C=O) groups is 2. The average molecular weight is 404 g/mol. The first-order valence-corrected chi connectivity index (χ1v) is 9.17. The van der Waals surface area contributed by atoms with Gasteiger partial charge >= 0.3 is 5.97 Å². The number of methoxy groups -OCH3 is 1. The van der Waals surface area contributed by atoms with Crippen LogP contribution in [0.4, 0.5) is 0 Å². The molecule has 0 fully saturated rings. The maximum atomic E-state index is 13.0. The number of ether oxygens (including phenoxy) is 1. The van der Waals surface area contributed by atoms with Crippen LogP contribution in [0.3, 0.4) is 0 Å². The van der Waals surface area contributed by atoms with Crippen molar-refractivity contribution in [2.75, 3.05) is 7.11 Å². The summed E-state index contributed by atoms with van der Waals surface area (Å²) in [5, 5.41) is 0. The molecule has 1 unspecified atom stereocenters. The Balaban J connectivity index is 2.21. The molecule has 4 nitrogen and oxygen atoms in total. The summed E-state index contributed by atoms with van der Waals surface area (Å²) in [6.45, 7) is 6.02. The third-order valence-corrected chi connectivity index (χ3v) is 5.46. The number of nitrogens with zero attached hydrogens (tertiary/aromatic N) is 1. The third-order valence-electron chi connectivity index (χ3n) is 4.97. The molecular formula is C20H22BrNO3. The van der Waals surface area contributed by atoms with E-state index in [-0.39, 0.29) is 23.1 Å². The van der Waals surface area contributed by atoms with E-state index in [2.05, 4.69) is 34.8 Å². The first-order chi connectivity index (χ1) is 11.7. The first kappa shape index (κ1) is 18.1. The lowest BCUT2D eigenvalue weighted by molar-refractivity contribution is -0.143. The van der Waals surface area contributed by atoms with Gasteiger partial charge in [0.1, 0.15) is 5.92 Å². The Morgan fingerprint density at radius 1 is 1.32 bits per heavy atom. The van der Waals surface area contributed by atoms with Gasteiger partial charge in [-0.15, -0.1) is 0 Å². The number of hydrogen-bond donors (Lipinski definition) is 0. The largest absolute Gasteiger partial charge is 0.468 e. The van der Waals surface area contributed by atoms with E-state index in [0.717, 1.165) is 22.2 Å². The zero-order chi connectivity index (χ0) is 18.4. The molecule has 1 aromatic carbocycles. The summed E-state index contributed by atoms with van der Waals surface area (Å²) >= 11 is 3.49. The molecule has 0 N–H and O–H groups in total. The van der Waals surface area contributed by atoms with E-state index in [1.807, 2.05) is 31.2 Å². The number of aliphatic imine (C=N–C) groups is 1. The van der Waals surface area contributed by atoms with Gasteiger partial charge in [-0.2, -0.15) is 0 Å². The predicted molar refractivity (Wildman–Crippen MR) is 101 cm³/mol. The molecule has 132 valence electrons. The lowest BCUT2D eigenvalue weighted by atomic mass is 9.67. The molecule has 0 spiro atoms. The number of halogens is 1. The van der Waals surface area contributed by atoms with Crippen LogP contribution >= 0.6 is 15.9 Å². The lowest BCUT2D eigenvalue weighted by Gasteiger charge is -2.38. The van der Waals surface area contributed by atoms with E-state index in [0.29, 0.717) is 17.7 Å². The van der Waals surface area contributed by atoms with E-state index < -0.39 is 5.92 Å². The van der Waals surface area contributed by atoms with Crippen LogP contribution in [0.15, 0.2) is 45.0 Å². The van der Waals surface area contributed by atoms with Gasteiger partial charge in [0.05, 0.1) is 7.11 Å². The van der Waals surface area contributed by atoms with Crippen molar-refractivity contribution in [3.05, 3.63) is 45.6 Å². The van der Waals surface area contributed by atoms with Gasteiger partial charge in [-0.1, -0.05) is 41.9 Å². The molecule has 0 saturated heterocycles. The van der Waals surface area contributed by atoms with Gasteiger partial charge in [0.2, 0.25) is 0 Å². The molecule has 2 aliphatic rings. The second-order valence-corrected chi connectivity index (χ2v) is 8.50. The highest BCUT2D eigenvalue weighted by atomic mass is 79.9. The smallest absolute Gasteiger partial charge is 0.315 e. The number of rotatable bonds is 2. The first-order valence-electron chi connectivity index (χ1n) is 8.38. The molecule has 3 rings (SSSR count). The van der Waals surface area contributed by atoms with Crippen LogP contribution in [-0.4, -0.2) is 24.6 Å². The Labute approximate surface area is 156 Å². The van der Waals surface area contributed by atoms with Gasteiger partial charge in [0.25, 0.3) is 0 Å². The number of benzene rings is 1. The monoisotopic (exact) mass is 403 g/mol. The predicted octanol–water partition coefficient (Wildman–Crippen LogP) is 4.44. The molecule has 0 saturated carbocycles. The van der Waals surface area contributed by atoms with Crippen LogP contribution in [-0.2, 0) is 14.3 Å². The minimum atomic E-state index is -0.566. The van der Waals surface area contributed by atoms with Crippen molar-refractivity contribution < 1.29 is 14.3 Å². The van der Waals surface area contributed by atoms with Gasteiger partial charge in [-0.25, -0.2) is 0 Å². The summed E-state index contributed by atoms with van der Waals surface area (Å²) < 4.78 is 5.95. The molecule has 0 radical (unpaired) electrons. The molecule has 25 heavy (non-hydrogen) atoms. The topological polar surface area (TPSA) is 55.7 Å². The van der Waals surface area contributed by atoms with Crippen molar-refractivity contribution in [3.8, 4) is 0 Å². The zero-order valence-corrected chi connectivity index (χ0v) is 16.5. The van der Waals surface area contributed by atoms with E-state index in [1.54, 1.807) is 0 Å². The highest BCUT2D eigenvalue weighted by Gasteiger charge is 2.45. The molecule has 5 heteroatoms. The van der Waals surface area contributed by atoms with Crippen LogP contribution in [0.2, 0.25) is 0 Å². The maximum absolute atomic E-state index is 13.0. The molecule has 0 bridgehead atoms. The number of Topliss-reactive ketones (excluding diaryl/α,β-unsaturated/α-hetero) is 1. The average Bonchev–Trinajstić information content (AvgIpc) is 2.51. The van der Waals surface area contributed by atoms with Gasteiger partial charge in [-0.3, -0.25) is 14.6 Å². The van der Waals surface area contributed by atoms with Crippen LogP contribution in [0.1, 0.15) is 45.1 Å². The number of esters is 1. The highest BCUT2D eigenvalue weighted by molar-refractivity contribution is 9.10. The number of carbonyl (C=O) groups excluding carboxylic acids is 2. The SMILES string of the molecule is COC(=O)C1C(C)=NC2=C(C(=O)CC(C)(C)C2)[C@@H]1c1cccc(Br)c1. The standard InChI is InChI=1S/C20H22BrNO3/c1-11-16(19(24)25-4)17(12-6-5-7-13(21)8-12)18-14(22-11)9-20(2,3)10-15(18)23/h5-8,16-17H,9-10H2,1-4H3/t16?,17-/m1/s1. The molecular weight excluding hydrogens is 382 g/mol. The van der Waals surface area contributed by atoms with E-state index >= 15 is 0 Å². The van der Waals surface area contributed by atoms with Crippen LogP contribution in [0, 0.1) is 11.3 Å². The van der Waals surface area contributed by atoms with Crippen LogP contribution in [0.25, 0.3) is 0 Å². The Morgan fingerprint density at radius 3 is 2.68 bits per heavy atom. The van der Waals surface area contributed by atoms with Crippen molar-refractivity contribution in [2.45, 2.75) is 39.5 Å². The number of allylic oxidation sites excluding steroid dienone is 2.